The molecule has 1 fully saturated rings. The normalized spacial score (nSPS) is 18.9. The fraction of sp³-hybridized carbons (Fsp3) is 0.273. The molecule has 3 heterocycles. The van der Waals surface area contributed by atoms with Crippen LogP contribution < -0.4 is 16.0 Å². The fourth-order valence-corrected chi connectivity index (χ4v) is 4.61. The van der Waals surface area contributed by atoms with Gasteiger partial charge in [0.2, 0.25) is 5.91 Å². The van der Waals surface area contributed by atoms with Gasteiger partial charge in [0.25, 0.3) is 5.91 Å². The second-order valence-corrected chi connectivity index (χ2v) is 7.61. The summed E-state index contributed by atoms with van der Waals surface area (Å²) >= 11 is 0. The molecule has 2 aliphatic rings. The Hall–Kier alpha value is -3.28. The van der Waals surface area contributed by atoms with Crippen molar-refractivity contribution in [2.75, 3.05) is 23.3 Å². The highest BCUT2D eigenvalue weighted by Gasteiger charge is 2.31. The smallest absolute Gasteiger partial charge is 0.250 e. The maximum atomic E-state index is 12.5. The predicted molar refractivity (Wildman–Crippen MR) is 110 cm³/mol. The third-order valence-electron chi connectivity index (χ3n) is 5.92. The number of anilines is 2. The lowest BCUT2D eigenvalue weighted by atomic mass is 9.82. The van der Waals surface area contributed by atoms with E-state index in [9.17, 15) is 9.59 Å². The summed E-state index contributed by atoms with van der Waals surface area (Å²) in [5.74, 6) is -0.557. The first kappa shape index (κ1) is 16.9. The Morgan fingerprint density at radius 2 is 1.93 bits per heavy atom. The van der Waals surface area contributed by atoms with Gasteiger partial charge < -0.3 is 20.9 Å². The van der Waals surface area contributed by atoms with Crippen molar-refractivity contribution in [1.29, 1.82) is 0 Å². The number of primary amides is 1. The van der Waals surface area contributed by atoms with Crippen LogP contribution in [0.4, 0.5) is 11.4 Å². The number of H-pyrrole nitrogens is 1. The molecule has 0 saturated carbocycles. The highest BCUT2D eigenvalue weighted by Crippen LogP contribution is 2.42. The standard InChI is InChI=1S/C22H22N4O2/c23-22(28)17-10-16-15(13-4-3-5-18-14(13)6-7-24-18)11-21(27)25-19(16)12-20(17)26-8-1-2-9-26/h3-7,10,12,15,24H,1-2,8-9,11H2,(H2,23,28)(H,25,27). The van der Waals surface area contributed by atoms with Gasteiger partial charge in [0.1, 0.15) is 0 Å². The molecule has 1 saturated heterocycles. The van der Waals surface area contributed by atoms with Gasteiger partial charge in [-0.3, -0.25) is 9.59 Å². The Kier molecular flexibility index (Phi) is 3.86. The van der Waals surface area contributed by atoms with E-state index in [0.29, 0.717) is 12.0 Å². The zero-order chi connectivity index (χ0) is 19.3. The molecule has 0 spiro atoms. The number of carbonyl (C=O) groups excluding carboxylic acids is 2. The van der Waals surface area contributed by atoms with E-state index in [-0.39, 0.29) is 11.8 Å². The van der Waals surface area contributed by atoms with Gasteiger partial charge in [-0.25, -0.2) is 0 Å². The van der Waals surface area contributed by atoms with Crippen LogP contribution in [0, 0.1) is 0 Å². The molecule has 2 amide bonds. The lowest BCUT2D eigenvalue weighted by molar-refractivity contribution is -0.116. The van der Waals surface area contributed by atoms with E-state index in [4.69, 9.17) is 5.73 Å². The van der Waals surface area contributed by atoms with E-state index in [1.807, 2.05) is 36.5 Å². The molecule has 1 aromatic heterocycles. The van der Waals surface area contributed by atoms with Gasteiger partial charge >= 0.3 is 0 Å². The molecule has 2 aromatic carbocycles. The van der Waals surface area contributed by atoms with E-state index >= 15 is 0 Å². The van der Waals surface area contributed by atoms with Crippen molar-refractivity contribution in [2.45, 2.75) is 25.2 Å². The molecule has 4 N–H and O–H groups in total. The van der Waals surface area contributed by atoms with Crippen LogP contribution in [0.1, 0.15) is 46.7 Å². The second kappa shape index (κ2) is 6.41. The first-order chi connectivity index (χ1) is 13.6. The topological polar surface area (TPSA) is 91.2 Å². The molecule has 3 aromatic rings. The predicted octanol–water partition coefficient (Wildman–Crippen LogP) is 3.34. The molecule has 0 radical (unpaired) electrons. The van der Waals surface area contributed by atoms with Crippen molar-refractivity contribution in [2.24, 2.45) is 5.73 Å². The van der Waals surface area contributed by atoms with Gasteiger partial charge in [0, 0.05) is 48.2 Å². The van der Waals surface area contributed by atoms with Gasteiger partial charge in [-0.05, 0) is 48.2 Å². The monoisotopic (exact) mass is 374 g/mol. The molecule has 5 rings (SSSR count). The molecular formula is C22H22N4O2. The number of carbonyl (C=O) groups is 2. The summed E-state index contributed by atoms with van der Waals surface area (Å²) in [6, 6.07) is 11.9. The van der Waals surface area contributed by atoms with E-state index in [1.165, 1.54) is 0 Å². The molecule has 0 bridgehead atoms. The first-order valence-electron chi connectivity index (χ1n) is 9.70. The molecule has 28 heavy (non-hydrogen) atoms. The fourth-order valence-electron chi connectivity index (χ4n) is 4.61. The van der Waals surface area contributed by atoms with Crippen LogP contribution in [-0.4, -0.2) is 29.9 Å². The van der Waals surface area contributed by atoms with Crippen molar-refractivity contribution in [3.8, 4) is 0 Å². The maximum Gasteiger partial charge on any atom is 0.250 e. The maximum absolute atomic E-state index is 12.5. The summed E-state index contributed by atoms with van der Waals surface area (Å²) in [5.41, 5.74) is 10.9. The number of aromatic nitrogens is 1. The Morgan fingerprint density at radius 3 is 2.71 bits per heavy atom. The van der Waals surface area contributed by atoms with Gasteiger partial charge in [0.05, 0.1) is 11.3 Å². The number of nitrogens with one attached hydrogen (secondary N) is 2. The first-order valence-corrected chi connectivity index (χ1v) is 9.70. The quantitative estimate of drug-likeness (QED) is 0.657. The second-order valence-electron chi connectivity index (χ2n) is 7.61. The van der Waals surface area contributed by atoms with Crippen LogP contribution in [0.3, 0.4) is 0 Å². The number of hydrogen-bond acceptors (Lipinski definition) is 3. The Bertz CT molecular complexity index is 1100. The largest absolute Gasteiger partial charge is 0.371 e. The van der Waals surface area contributed by atoms with Crippen LogP contribution in [-0.2, 0) is 4.79 Å². The number of amides is 2. The number of nitrogens with two attached hydrogens (primary N) is 1. The van der Waals surface area contributed by atoms with Gasteiger partial charge in [-0.2, -0.15) is 0 Å². The van der Waals surface area contributed by atoms with Crippen LogP contribution in [0.5, 0.6) is 0 Å². The summed E-state index contributed by atoms with van der Waals surface area (Å²) in [7, 11) is 0. The van der Waals surface area contributed by atoms with Crippen molar-refractivity contribution in [3.63, 3.8) is 0 Å². The average Bonchev–Trinajstić information content (AvgIpc) is 3.37. The minimum atomic E-state index is -0.430. The third-order valence-corrected chi connectivity index (χ3v) is 5.92. The summed E-state index contributed by atoms with van der Waals surface area (Å²) in [6.45, 7) is 1.80. The molecule has 6 heteroatoms. The molecular weight excluding hydrogens is 352 g/mol. The van der Waals surface area contributed by atoms with Crippen molar-refractivity contribution < 1.29 is 9.59 Å². The molecule has 1 unspecified atom stereocenters. The van der Waals surface area contributed by atoms with Gasteiger partial charge in [-0.1, -0.05) is 12.1 Å². The van der Waals surface area contributed by atoms with Crippen LogP contribution in [0.15, 0.2) is 42.6 Å². The molecule has 2 aliphatic heterocycles. The summed E-state index contributed by atoms with van der Waals surface area (Å²) in [5, 5.41) is 4.10. The lowest BCUT2D eigenvalue weighted by Crippen LogP contribution is -2.27. The molecule has 0 aliphatic carbocycles. The number of nitrogens with zero attached hydrogens (tertiary/aromatic N) is 1. The Morgan fingerprint density at radius 1 is 1.11 bits per heavy atom. The zero-order valence-electron chi connectivity index (χ0n) is 15.5. The van der Waals surface area contributed by atoms with Crippen LogP contribution >= 0.6 is 0 Å². The van der Waals surface area contributed by atoms with E-state index in [0.717, 1.165) is 59.3 Å². The third kappa shape index (κ3) is 2.64. The zero-order valence-corrected chi connectivity index (χ0v) is 15.5. The van der Waals surface area contributed by atoms with Crippen LogP contribution in [0.25, 0.3) is 10.9 Å². The number of hydrogen-bond donors (Lipinski definition) is 3. The number of rotatable bonds is 3. The highest BCUT2D eigenvalue weighted by molar-refractivity contribution is 6.03. The van der Waals surface area contributed by atoms with Crippen molar-refractivity contribution in [1.82, 2.24) is 4.98 Å². The lowest BCUT2D eigenvalue weighted by Gasteiger charge is -2.30. The number of fused-ring (bicyclic) bond motifs is 2. The average molecular weight is 374 g/mol. The van der Waals surface area contributed by atoms with Crippen LogP contribution in [0.2, 0.25) is 0 Å². The van der Waals surface area contributed by atoms with E-state index < -0.39 is 5.91 Å². The molecule has 6 nitrogen and oxygen atoms in total. The minimum absolute atomic E-state index is 0.00997. The number of benzene rings is 2. The van der Waals surface area contributed by atoms with E-state index in [2.05, 4.69) is 21.3 Å². The van der Waals surface area contributed by atoms with Crippen molar-refractivity contribution in [3.05, 3.63) is 59.3 Å². The SMILES string of the molecule is NC(=O)c1cc2c(cc1N1CCCC1)NC(=O)CC2c1cccc2[nH]ccc12. The Balaban J connectivity index is 1.69. The highest BCUT2D eigenvalue weighted by atomic mass is 16.2. The minimum Gasteiger partial charge on any atom is -0.371 e. The summed E-state index contributed by atoms with van der Waals surface area (Å²) in [4.78, 5) is 30.2. The van der Waals surface area contributed by atoms with Gasteiger partial charge in [0.15, 0.2) is 0 Å². The van der Waals surface area contributed by atoms with E-state index in [1.54, 1.807) is 0 Å². The van der Waals surface area contributed by atoms with Gasteiger partial charge in [-0.15, -0.1) is 0 Å². The number of aromatic amines is 1. The molecule has 1 atom stereocenters. The Labute approximate surface area is 162 Å². The summed E-state index contributed by atoms with van der Waals surface area (Å²) < 4.78 is 0. The van der Waals surface area contributed by atoms with Crippen molar-refractivity contribution >= 4 is 34.1 Å². The summed E-state index contributed by atoms with van der Waals surface area (Å²) in [6.07, 6.45) is 4.45. The molecule has 142 valence electrons.